The van der Waals surface area contributed by atoms with Gasteiger partial charge in [0.2, 0.25) is 21.8 Å². The minimum atomic E-state index is -3.59. The number of nitrogens with one attached hydrogen (secondary N) is 1. The van der Waals surface area contributed by atoms with E-state index >= 15 is 0 Å². The quantitative estimate of drug-likeness (QED) is 0.427. The Balaban J connectivity index is 2.19. The molecule has 0 spiro atoms. The summed E-state index contributed by atoms with van der Waals surface area (Å²) in [6.07, 6.45) is 1.53. The number of hydrogen-bond acceptors (Lipinski definition) is 4. The first-order valence-electron chi connectivity index (χ1n) is 12.2. The molecule has 2 amide bonds. The highest BCUT2D eigenvalue weighted by molar-refractivity contribution is 7.92. The Kier molecular flexibility index (Phi) is 10.8. The maximum absolute atomic E-state index is 13.4. The molecule has 36 heavy (non-hydrogen) atoms. The second-order valence-corrected chi connectivity index (χ2v) is 12.0. The van der Waals surface area contributed by atoms with Crippen LogP contribution in [0.15, 0.2) is 42.5 Å². The number of benzene rings is 2. The first-order chi connectivity index (χ1) is 16.8. The van der Waals surface area contributed by atoms with Crippen molar-refractivity contribution in [1.82, 2.24) is 10.2 Å². The van der Waals surface area contributed by atoms with Crippen LogP contribution >= 0.6 is 11.6 Å². The lowest BCUT2D eigenvalue weighted by atomic mass is 10.1. The fourth-order valence-corrected chi connectivity index (χ4v) is 5.06. The molecular formula is C27H38ClN3O4S. The highest BCUT2D eigenvalue weighted by Crippen LogP contribution is 2.27. The molecule has 0 aromatic heterocycles. The van der Waals surface area contributed by atoms with Gasteiger partial charge in [0.25, 0.3) is 0 Å². The maximum atomic E-state index is 13.4. The zero-order chi connectivity index (χ0) is 27.0. The molecule has 0 bridgehead atoms. The molecule has 1 N–H and O–H groups in total. The molecule has 0 aliphatic carbocycles. The van der Waals surface area contributed by atoms with Crippen molar-refractivity contribution in [3.05, 3.63) is 64.2 Å². The van der Waals surface area contributed by atoms with E-state index in [0.717, 1.165) is 22.9 Å². The summed E-state index contributed by atoms with van der Waals surface area (Å²) < 4.78 is 26.4. The standard InChI is InChI=1S/C27H38ClN3O4S/c1-19(2)17-29-27(33)22(5)30(18-23-10-7-9-20(3)15-23)26(32)11-8-14-31(36(6,34)35)25-16-24(28)13-12-21(25)4/h7,9-10,12-13,15-16,19,22H,8,11,14,17-18H2,1-6H3,(H,29,33)/t22-/m1/s1. The molecule has 198 valence electrons. The van der Waals surface area contributed by atoms with Gasteiger partial charge in [0.1, 0.15) is 6.04 Å². The minimum absolute atomic E-state index is 0.0965. The number of anilines is 1. The molecule has 0 unspecified atom stereocenters. The molecule has 2 rings (SSSR count). The Morgan fingerprint density at radius 2 is 1.75 bits per heavy atom. The SMILES string of the molecule is Cc1cccc(CN(C(=O)CCCN(c2cc(Cl)ccc2C)S(C)(=O)=O)[C@H](C)C(=O)NCC(C)C)c1. The molecule has 0 saturated heterocycles. The molecule has 0 aliphatic rings. The van der Waals surface area contributed by atoms with Gasteiger partial charge in [0.05, 0.1) is 11.9 Å². The largest absolute Gasteiger partial charge is 0.354 e. The van der Waals surface area contributed by atoms with Gasteiger partial charge in [-0.15, -0.1) is 0 Å². The number of hydrogen-bond donors (Lipinski definition) is 1. The van der Waals surface area contributed by atoms with Crippen LogP contribution in [-0.4, -0.2) is 50.5 Å². The van der Waals surface area contributed by atoms with Crippen LogP contribution in [0.2, 0.25) is 5.02 Å². The van der Waals surface area contributed by atoms with Gasteiger partial charge in [0, 0.05) is 31.1 Å². The third-order valence-electron chi connectivity index (χ3n) is 5.88. The summed E-state index contributed by atoms with van der Waals surface area (Å²) in [6, 6.07) is 12.2. The molecule has 2 aromatic rings. The van der Waals surface area contributed by atoms with Crippen LogP contribution in [0, 0.1) is 19.8 Å². The lowest BCUT2D eigenvalue weighted by Gasteiger charge is -2.30. The van der Waals surface area contributed by atoms with E-state index in [2.05, 4.69) is 5.32 Å². The van der Waals surface area contributed by atoms with Gasteiger partial charge in [-0.25, -0.2) is 8.42 Å². The van der Waals surface area contributed by atoms with E-state index in [1.54, 1.807) is 30.0 Å². The molecule has 7 nitrogen and oxygen atoms in total. The van der Waals surface area contributed by atoms with Gasteiger partial charge in [-0.1, -0.05) is 61.3 Å². The molecule has 9 heteroatoms. The summed E-state index contributed by atoms with van der Waals surface area (Å²) in [6.45, 7) is 10.5. The highest BCUT2D eigenvalue weighted by atomic mass is 35.5. The number of halogens is 1. The van der Waals surface area contributed by atoms with E-state index in [0.29, 0.717) is 36.1 Å². The first-order valence-corrected chi connectivity index (χ1v) is 14.4. The van der Waals surface area contributed by atoms with Crippen molar-refractivity contribution in [2.24, 2.45) is 5.92 Å². The predicted octanol–water partition coefficient (Wildman–Crippen LogP) is 4.69. The van der Waals surface area contributed by atoms with Gasteiger partial charge in [-0.3, -0.25) is 13.9 Å². The summed E-state index contributed by atoms with van der Waals surface area (Å²) in [7, 11) is -3.59. The molecule has 0 heterocycles. The minimum Gasteiger partial charge on any atom is -0.354 e. The molecule has 0 radical (unpaired) electrons. The lowest BCUT2D eigenvalue weighted by Crippen LogP contribution is -2.48. The fraction of sp³-hybridized carbons (Fsp3) is 0.481. The summed E-state index contributed by atoms with van der Waals surface area (Å²) in [5.74, 6) is -0.129. The smallest absolute Gasteiger partial charge is 0.242 e. The van der Waals surface area contributed by atoms with Crippen LogP contribution in [0.5, 0.6) is 0 Å². The van der Waals surface area contributed by atoms with Crippen LogP contribution in [-0.2, 0) is 26.2 Å². The summed E-state index contributed by atoms with van der Waals surface area (Å²) in [4.78, 5) is 27.7. The summed E-state index contributed by atoms with van der Waals surface area (Å²) in [5, 5.41) is 3.34. The zero-order valence-electron chi connectivity index (χ0n) is 22.0. The van der Waals surface area contributed by atoms with Gasteiger partial charge in [0.15, 0.2) is 0 Å². The van der Waals surface area contributed by atoms with Gasteiger partial charge in [-0.05, 0) is 56.4 Å². The fourth-order valence-electron chi connectivity index (χ4n) is 3.88. The van der Waals surface area contributed by atoms with E-state index < -0.39 is 16.1 Å². The van der Waals surface area contributed by atoms with Crippen LogP contribution in [0.1, 0.15) is 50.3 Å². The van der Waals surface area contributed by atoms with Crippen molar-refractivity contribution in [1.29, 1.82) is 0 Å². The maximum Gasteiger partial charge on any atom is 0.242 e. The van der Waals surface area contributed by atoms with Crippen LogP contribution < -0.4 is 9.62 Å². The number of carbonyl (C=O) groups excluding carboxylic acids is 2. The Morgan fingerprint density at radius 3 is 2.36 bits per heavy atom. The van der Waals surface area contributed by atoms with Crippen molar-refractivity contribution in [2.45, 2.75) is 60.0 Å². The molecule has 0 aliphatic heterocycles. The number of nitrogens with zero attached hydrogens (tertiary/aromatic N) is 2. The van der Waals surface area contributed by atoms with E-state index in [-0.39, 0.29) is 24.8 Å². The molecule has 1 atom stereocenters. The lowest BCUT2D eigenvalue weighted by molar-refractivity contribution is -0.140. The molecule has 2 aromatic carbocycles. The van der Waals surface area contributed by atoms with Crippen LogP contribution in [0.3, 0.4) is 0 Å². The number of sulfonamides is 1. The first kappa shape index (κ1) is 29.6. The monoisotopic (exact) mass is 535 g/mol. The van der Waals surface area contributed by atoms with Crippen LogP contribution in [0.25, 0.3) is 0 Å². The molecule has 0 saturated carbocycles. The number of amides is 2. The summed E-state index contributed by atoms with van der Waals surface area (Å²) in [5.41, 5.74) is 3.26. The topological polar surface area (TPSA) is 86.8 Å². The van der Waals surface area contributed by atoms with Crippen molar-refractivity contribution in [3.63, 3.8) is 0 Å². The third-order valence-corrected chi connectivity index (χ3v) is 7.29. The summed E-state index contributed by atoms with van der Waals surface area (Å²) >= 11 is 6.11. The van der Waals surface area contributed by atoms with Gasteiger partial charge < -0.3 is 10.2 Å². The zero-order valence-corrected chi connectivity index (χ0v) is 23.6. The highest BCUT2D eigenvalue weighted by Gasteiger charge is 2.27. The number of rotatable bonds is 12. The Labute approximate surface area is 220 Å². The van der Waals surface area contributed by atoms with Crippen molar-refractivity contribution < 1.29 is 18.0 Å². The van der Waals surface area contributed by atoms with Crippen molar-refractivity contribution >= 4 is 39.1 Å². The predicted molar refractivity (Wildman–Crippen MR) is 147 cm³/mol. The average Bonchev–Trinajstić information content (AvgIpc) is 2.79. The Bertz CT molecular complexity index is 1170. The van der Waals surface area contributed by atoms with Gasteiger partial charge >= 0.3 is 0 Å². The third kappa shape index (κ3) is 8.82. The average molecular weight is 536 g/mol. The van der Waals surface area contributed by atoms with E-state index in [9.17, 15) is 18.0 Å². The van der Waals surface area contributed by atoms with E-state index in [4.69, 9.17) is 11.6 Å². The number of carbonyl (C=O) groups is 2. The molecular weight excluding hydrogens is 498 g/mol. The van der Waals surface area contributed by atoms with E-state index in [1.165, 1.54) is 4.31 Å². The Morgan fingerprint density at radius 1 is 1.06 bits per heavy atom. The normalized spacial score (nSPS) is 12.3. The van der Waals surface area contributed by atoms with Crippen LogP contribution in [0.4, 0.5) is 5.69 Å². The second kappa shape index (κ2) is 13.1. The second-order valence-electron chi connectivity index (χ2n) is 9.70. The molecule has 0 fully saturated rings. The van der Waals surface area contributed by atoms with E-state index in [1.807, 2.05) is 52.0 Å². The van der Waals surface area contributed by atoms with Gasteiger partial charge in [-0.2, -0.15) is 0 Å². The van der Waals surface area contributed by atoms with Crippen molar-refractivity contribution in [3.8, 4) is 0 Å². The van der Waals surface area contributed by atoms with Crippen molar-refractivity contribution in [2.75, 3.05) is 23.7 Å². The Hall–Kier alpha value is -2.58. The number of aryl methyl sites for hydroxylation is 2.